The Labute approximate surface area is 354 Å². The van der Waals surface area contributed by atoms with Crippen LogP contribution in [0.25, 0.3) is 0 Å². The van der Waals surface area contributed by atoms with Gasteiger partial charge in [0.2, 0.25) is 0 Å². The van der Waals surface area contributed by atoms with Gasteiger partial charge in [-0.3, -0.25) is 9.78 Å². The molecular weight excluding hydrogens is 797 g/mol. The van der Waals surface area contributed by atoms with E-state index in [0.717, 1.165) is 6.07 Å². The molecule has 61 heavy (non-hydrogen) atoms. The fourth-order valence-electron chi connectivity index (χ4n) is 9.87. The Morgan fingerprint density at radius 2 is 1.77 bits per heavy atom. The molecule has 2 saturated heterocycles. The summed E-state index contributed by atoms with van der Waals surface area (Å²) in [5, 5.41) is 27.6. The van der Waals surface area contributed by atoms with Crippen molar-refractivity contribution in [3.8, 4) is 0 Å². The van der Waals surface area contributed by atoms with E-state index >= 15 is 4.39 Å². The Morgan fingerprint density at radius 1 is 1.05 bits per heavy atom. The SMILES string of the molecule is CC(=O)O[C@@]12CO[C@@H]1CCC1[C@@H]2[C@H](OC(=O)c2ccccc2)[C@]2(O)C[C@H](OC(=O)[C@H](O)[C@@H](NC(=O)OC(C)(C)C)c3ncccc3F)C=C([C@H]3O[C@@H](CN(C)C)O[C@@H]13)C2(C)C. The lowest BCUT2D eigenvalue weighted by molar-refractivity contribution is -0.330. The molecule has 17 heteroatoms. The predicted molar refractivity (Wildman–Crippen MR) is 212 cm³/mol. The number of nitrogens with zero attached hydrogens (tertiary/aromatic N) is 2. The molecule has 2 aromatic rings. The van der Waals surface area contributed by atoms with Crippen molar-refractivity contribution in [1.82, 2.24) is 15.2 Å². The molecule has 332 valence electrons. The second kappa shape index (κ2) is 16.6. The molecule has 3 aliphatic carbocycles. The molecule has 4 fully saturated rings. The lowest BCUT2D eigenvalue weighted by atomic mass is 9.49. The predicted octanol–water partition coefficient (Wildman–Crippen LogP) is 3.78. The highest BCUT2D eigenvalue weighted by atomic mass is 19.1. The number of halogens is 1. The summed E-state index contributed by atoms with van der Waals surface area (Å²) in [6.07, 6.45) is -5.55. The quantitative estimate of drug-likeness (QED) is 0.177. The number of carbonyl (C=O) groups excluding carboxylic acids is 4. The molecule has 0 spiro atoms. The van der Waals surface area contributed by atoms with Crippen LogP contribution in [0.2, 0.25) is 0 Å². The third-order valence-corrected chi connectivity index (χ3v) is 12.6. The van der Waals surface area contributed by atoms with E-state index in [1.165, 1.54) is 19.2 Å². The van der Waals surface area contributed by atoms with E-state index < -0.39 is 119 Å². The standard InChI is InChI=1S/C44H56FN3O13/c1-23(49)60-43-22-55-29(43)17-16-26-31(43)37(59-38(51)24-13-10-9-11-14-24)44(54)20-25(19-27(42(44,5)6)36-35(26)57-30(58-36)21-48(7)8)56-39(52)34(50)33(32-28(45)15-12-18-46-32)47-40(53)61-41(2,3)4/h9-15,18-19,25-26,29-31,33-37,50,54H,16-17,20-22H2,1-8H3,(H,47,53)/t25-,26?,29-,30+,31-,33+,34-,35+,36-,37+,43+,44-/m1/s1. The number of rotatable bonds is 10. The number of likely N-dealkylation sites (N-methyl/N-ethyl adjacent to an activating group) is 1. The zero-order valence-electron chi connectivity index (χ0n) is 35.7. The van der Waals surface area contributed by atoms with E-state index in [1.54, 1.807) is 71.0 Å². The number of pyridine rings is 1. The normalized spacial score (nSPS) is 33.4. The van der Waals surface area contributed by atoms with Crippen LogP contribution in [-0.4, -0.2) is 131 Å². The Hall–Kier alpha value is -4.52. The summed E-state index contributed by atoms with van der Waals surface area (Å²) < 4.78 is 58.9. The number of ether oxygens (including phenoxy) is 7. The number of nitrogens with one attached hydrogen (secondary N) is 1. The van der Waals surface area contributed by atoms with Gasteiger partial charge in [-0.1, -0.05) is 32.0 Å². The first-order valence-electron chi connectivity index (χ1n) is 20.6. The largest absolute Gasteiger partial charge is 0.456 e. The van der Waals surface area contributed by atoms with Gasteiger partial charge in [0.1, 0.15) is 53.2 Å². The van der Waals surface area contributed by atoms with Gasteiger partial charge < -0.3 is 53.6 Å². The Bertz CT molecular complexity index is 2030. The van der Waals surface area contributed by atoms with Crippen molar-refractivity contribution in [2.24, 2.45) is 17.3 Å². The van der Waals surface area contributed by atoms with Crippen molar-refractivity contribution in [3.05, 3.63) is 77.4 Å². The van der Waals surface area contributed by atoms with Crippen molar-refractivity contribution in [2.45, 2.75) is 127 Å². The smallest absolute Gasteiger partial charge is 0.408 e. The van der Waals surface area contributed by atoms with E-state index in [4.69, 9.17) is 33.2 Å². The first-order chi connectivity index (χ1) is 28.6. The second-order valence-corrected chi connectivity index (χ2v) is 18.4. The minimum Gasteiger partial charge on any atom is -0.456 e. The number of fused-ring (bicyclic) bond motifs is 8. The Balaban J connectivity index is 1.33. The van der Waals surface area contributed by atoms with Crippen molar-refractivity contribution in [1.29, 1.82) is 0 Å². The molecule has 3 N–H and O–H groups in total. The van der Waals surface area contributed by atoms with Crippen LogP contribution in [0.15, 0.2) is 60.3 Å². The maximum atomic E-state index is 15.2. The average Bonchev–Trinajstić information content (AvgIpc) is 3.57. The molecule has 7 rings (SSSR count). The van der Waals surface area contributed by atoms with Gasteiger partial charge in [-0.25, -0.2) is 18.8 Å². The van der Waals surface area contributed by atoms with Gasteiger partial charge in [-0.15, -0.1) is 0 Å². The number of aliphatic hydroxyl groups is 2. The van der Waals surface area contributed by atoms with Crippen LogP contribution in [0.3, 0.4) is 0 Å². The first kappa shape index (κ1) is 44.5. The second-order valence-electron chi connectivity index (χ2n) is 18.4. The molecule has 0 radical (unpaired) electrons. The average molecular weight is 854 g/mol. The zero-order chi connectivity index (χ0) is 44.2. The lowest BCUT2D eigenvalue weighted by Gasteiger charge is -2.64. The minimum atomic E-state index is -2.23. The number of aromatic nitrogens is 1. The van der Waals surface area contributed by atoms with Crippen LogP contribution in [0.1, 0.15) is 82.9 Å². The summed E-state index contributed by atoms with van der Waals surface area (Å²) in [5.41, 5.74) is -5.53. The highest BCUT2D eigenvalue weighted by Gasteiger charge is 2.73. The van der Waals surface area contributed by atoms with E-state index in [-0.39, 0.29) is 18.6 Å². The van der Waals surface area contributed by atoms with Gasteiger partial charge in [0.05, 0.1) is 18.3 Å². The molecular formula is C44H56FN3O13. The van der Waals surface area contributed by atoms with Crippen LogP contribution in [0.4, 0.5) is 9.18 Å². The highest BCUT2D eigenvalue weighted by Crippen LogP contribution is 2.62. The fraction of sp³-hybridized carbons (Fsp3) is 0.614. The molecule has 1 amide bonds. The number of benzene rings is 1. The molecule has 5 aliphatic rings. The minimum absolute atomic E-state index is 0.0445. The monoisotopic (exact) mass is 853 g/mol. The summed E-state index contributed by atoms with van der Waals surface area (Å²) in [4.78, 5) is 60.3. The van der Waals surface area contributed by atoms with E-state index in [9.17, 15) is 29.4 Å². The summed E-state index contributed by atoms with van der Waals surface area (Å²) in [6.45, 7) is 9.97. The van der Waals surface area contributed by atoms with Crippen LogP contribution < -0.4 is 5.32 Å². The number of amides is 1. The van der Waals surface area contributed by atoms with Gasteiger partial charge in [0.25, 0.3) is 0 Å². The molecule has 2 aliphatic heterocycles. The third kappa shape index (κ3) is 8.40. The molecule has 16 nitrogen and oxygen atoms in total. The van der Waals surface area contributed by atoms with E-state index in [2.05, 4.69) is 10.3 Å². The number of alkyl carbamates (subject to hydrolysis) is 1. The molecule has 2 saturated carbocycles. The number of esters is 3. The van der Waals surface area contributed by atoms with Gasteiger partial charge in [0, 0.05) is 37.4 Å². The van der Waals surface area contributed by atoms with Crippen molar-refractivity contribution in [3.63, 3.8) is 0 Å². The Morgan fingerprint density at radius 3 is 2.39 bits per heavy atom. The molecule has 1 aromatic heterocycles. The van der Waals surface area contributed by atoms with Crippen molar-refractivity contribution < 1.29 is 66.9 Å². The molecule has 3 heterocycles. The fourth-order valence-corrected chi connectivity index (χ4v) is 9.87. The number of aliphatic hydroxyl groups excluding tert-OH is 1. The zero-order valence-corrected chi connectivity index (χ0v) is 35.7. The lowest BCUT2D eigenvalue weighted by Crippen LogP contribution is -2.77. The van der Waals surface area contributed by atoms with E-state index in [1.807, 2.05) is 19.0 Å². The topological polar surface area (TPSA) is 202 Å². The summed E-state index contributed by atoms with van der Waals surface area (Å²) in [6, 6.07) is 8.85. The van der Waals surface area contributed by atoms with Crippen LogP contribution in [0.5, 0.6) is 0 Å². The first-order valence-corrected chi connectivity index (χ1v) is 20.6. The molecule has 2 bridgehead atoms. The van der Waals surface area contributed by atoms with Gasteiger partial charge in [0.15, 0.2) is 18.0 Å². The van der Waals surface area contributed by atoms with Crippen LogP contribution >= 0.6 is 0 Å². The van der Waals surface area contributed by atoms with Gasteiger partial charge >= 0.3 is 24.0 Å². The summed E-state index contributed by atoms with van der Waals surface area (Å²) >= 11 is 0. The molecule has 1 unspecified atom stereocenters. The van der Waals surface area contributed by atoms with Crippen molar-refractivity contribution in [2.75, 3.05) is 27.2 Å². The highest BCUT2D eigenvalue weighted by molar-refractivity contribution is 5.89. The maximum absolute atomic E-state index is 15.2. The van der Waals surface area contributed by atoms with Gasteiger partial charge in [-0.2, -0.15) is 0 Å². The Kier molecular flexibility index (Phi) is 12.1. The number of hydrogen-bond acceptors (Lipinski definition) is 15. The van der Waals surface area contributed by atoms with Crippen LogP contribution in [-0.2, 0) is 42.7 Å². The number of carbonyl (C=O) groups is 4. The van der Waals surface area contributed by atoms with Gasteiger partial charge in [-0.05, 0) is 89.5 Å². The molecule has 12 atom stereocenters. The summed E-state index contributed by atoms with van der Waals surface area (Å²) in [5.74, 6) is -5.00. The van der Waals surface area contributed by atoms with Crippen molar-refractivity contribution >= 4 is 24.0 Å². The molecule has 1 aromatic carbocycles. The number of hydrogen-bond donors (Lipinski definition) is 3. The van der Waals surface area contributed by atoms with Crippen LogP contribution in [0, 0.1) is 23.1 Å². The summed E-state index contributed by atoms with van der Waals surface area (Å²) in [7, 11) is 3.74. The third-order valence-electron chi connectivity index (χ3n) is 12.6. The maximum Gasteiger partial charge on any atom is 0.408 e. The van der Waals surface area contributed by atoms with E-state index in [0.29, 0.717) is 25.0 Å².